The van der Waals surface area contributed by atoms with Gasteiger partial charge >= 0.3 is 0 Å². The third kappa shape index (κ3) is 3.95. The van der Waals surface area contributed by atoms with Crippen molar-refractivity contribution in [2.75, 3.05) is 13.1 Å². The second-order valence-electron chi connectivity index (χ2n) is 8.47. The topological polar surface area (TPSA) is 55.2 Å². The number of imidazole rings is 1. The van der Waals surface area contributed by atoms with E-state index in [1.54, 1.807) is 18.2 Å². The third-order valence-corrected chi connectivity index (χ3v) is 9.31. The molecule has 1 saturated heterocycles. The molecule has 32 heavy (non-hydrogen) atoms. The number of rotatable bonds is 6. The molecule has 2 heterocycles. The number of aromatic nitrogens is 2. The van der Waals surface area contributed by atoms with Crippen molar-refractivity contribution < 1.29 is 17.2 Å². The molecule has 1 saturated carbocycles. The van der Waals surface area contributed by atoms with Crippen LogP contribution in [0.2, 0.25) is 0 Å². The molecule has 0 bridgehead atoms. The van der Waals surface area contributed by atoms with Crippen molar-refractivity contribution in [3.05, 3.63) is 53.6 Å². The van der Waals surface area contributed by atoms with Crippen molar-refractivity contribution in [2.24, 2.45) is 0 Å². The summed E-state index contributed by atoms with van der Waals surface area (Å²) in [6.45, 7) is 1.11. The van der Waals surface area contributed by atoms with Crippen molar-refractivity contribution in [3.63, 3.8) is 0 Å². The van der Waals surface area contributed by atoms with E-state index in [0.717, 1.165) is 50.1 Å². The molecule has 0 unspecified atom stereocenters. The van der Waals surface area contributed by atoms with Gasteiger partial charge in [0.05, 0.1) is 15.9 Å². The van der Waals surface area contributed by atoms with Crippen LogP contribution in [0.15, 0.2) is 46.5 Å². The zero-order chi connectivity index (χ0) is 22.3. The van der Waals surface area contributed by atoms with Crippen molar-refractivity contribution in [2.45, 2.75) is 60.4 Å². The van der Waals surface area contributed by atoms with E-state index in [9.17, 15) is 17.2 Å². The minimum absolute atomic E-state index is 0.249. The highest BCUT2D eigenvalue weighted by atomic mass is 32.2. The van der Waals surface area contributed by atoms with Crippen molar-refractivity contribution >= 4 is 32.8 Å². The van der Waals surface area contributed by atoms with Crippen LogP contribution >= 0.6 is 11.8 Å². The molecular formula is C23H25F2N3O2S2. The maximum Gasteiger partial charge on any atom is 0.243 e. The van der Waals surface area contributed by atoms with Gasteiger partial charge in [0.1, 0.15) is 0 Å². The lowest BCUT2D eigenvalue weighted by Gasteiger charge is -2.17. The van der Waals surface area contributed by atoms with Crippen LogP contribution in [0.25, 0.3) is 11.0 Å². The van der Waals surface area contributed by atoms with E-state index < -0.39 is 21.7 Å². The Labute approximate surface area is 190 Å². The largest absolute Gasteiger partial charge is 0.316 e. The van der Waals surface area contributed by atoms with Crippen molar-refractivity contribution in [1.82, 2.24) is 13.9 Å². The molecule has 0 atom stereocenters. The van der Waals surface area contributed by atoms with Crippen molar-refractivity contribution in [3.8, 4) is 0 Å². The minimum Gasteiger partial charge on any atom is -0.316 e. The highest BCUT2D eigenvalue weighted by molar-refractivity contribution is 7.98. The van der Waals surface area contributed by atoms with E-state index in [0.29, 0.717) is 23.8 Å². The summed E-state index contributed by atoms with van der Waals surface area (Å²) in [7, 11) is -3.53. The lowest BCUT2D eigenvalue weighted by atomic mass is 10.2. The maximum atomic E-state index is 14.2. The molecule has 2 fully saturated rings. The van der Waals surface area contributed by atoms with E-state index in [2.05, 4.69) is 4.57 Å². The van der Waals surface area contributed by atoms with E-state index in [4.69, 9.17) is 4.98 Å². The van der Waals surface area contributed by atoms with Crippen LogP contribution in [-0.4, -0.2) is 35.4 Å². The van der Waals surface area contributed by atoms with Crippen LogP contribution in [-0.2, 0) is 15.8 Å². The normalized spacial score (nSPS) is 18.2. The standard InChI is InChI=1S/C23H25F2N3O2S2/c24-19-9-5-6-16(22(19)25)15-31-23-26-20-14-18(32(29,30)27-12-3-4-13-27)10-11-21(20)28(23)17-7-1-2-8-17/h5-6,9-11,14,17H,1-4,7-8,12-13,15H2. The highest BCUT2D eigenvalue weighted by Crippen LogP contribution is 2.38. The molecule has 0 radical (unpaired) electrons. The number of fused-ring (bicyclic) bond motifs is 1. The average Bonchev–Trinajstić information content (AvgIpc) is 3.54. The summed E-state index contributed by atoms with van der Waals surface area (Å²) in [5.74, 6) is -1.44. The van der Waals surface area contributed by atoms with Gasteiger partial charge in [-0.2, -0.15) is 4.31 Å². The fourth-order valence-corrected chi connectivity index (χ4v) is 7.31. The Morgan fingerprint density at radius 1 is 1.03 bits per heavy atom. The number of hydrogen-bond donors (Lipinski definition) is 0. The molecule has 9 heteroatoms. The zero-order valence-corrected chi connectivity index (χ0v) is 19.3. The zero-order valence-electron chi connectivity index (χ0n) is 17.6. The fourth-order valence-electron chi connectivity index (χ4n) is 4.71. The fraction of sp³-hybridized carbons (Fsp3) is 0.435. The number of nitrogens with zero attached hydrogens (tertiary/aromatic N) is 3. The number of benzene rings is 2. The molecule has 1 aliphatic heterocycles. The Morgan fingerprint density at radius 2 is 1.78 bits per heavy atom. The van der Waals surface area contributed by atoms with Gasteiger partial charge in [-0.1, -0.05) is 36.7 Å². The van der Waals surface area contributed by atoms with Gasteiger partial charge in [-0.15, -0.1) is 0 Å². The van der Waals surface area contributed by atoms with Crippen LogP contribution in [0.4, 0.5) is 8.78 Å². The Bertz CT molecular complexity index is 1250. The first-order chi connectivity index (χ1) is 15.4. The molecule has 3 aromatic rings. The van der Waals surface area contributed by atoms with Gasteiger partial charge in [0, 0.05) is 30.4 Å². The van der Waals surface area contributed by atoms with Gasteiger partial charge in [0.2, 0.25) is 10.0 Å². The molecule has 0 N–H and O–H groups in total. The van der Waals surface area contributed by atoms with E-state index in [-0.39, 0.29) is 22.3 Å². The Morgan fingerprint density at radius 3 is 2.53 bits per heavy atom. The first-order valence-corrected chi connectivity index (χ1v) is 13.5. The van der Waals surface area contributed by atoms with Gasteiger partial charge < -0.3 is 4.57 Å². The Kier molecular flexibility index (Phi) is 5.98. The molecule has 5 rings (SSSR count). The van der Waals surface area contributed by atoms with Gasteiger partial charge in [0.15, 0.2) is 16.8 Å². The minimum atomic E-state index is -3.53. The monoisotopic (exact) mass is 477 g/mol. The van der Waals surface area contributed by atoms with Gasteiger partial charge in [-0.3, -0.25) is 0 Å². The molecule has 0 amide bonds. The molecule has 1 aliphatic carbocycles. The van der Waals surface area contributed by atoms with Crippen LogP contribution in [0.3, 0.4) is 0 Å². The smallest absolute Gasteiger partial charge is 0.243 e. The quantitative estimate of drug-likeness (QED) is 0.440. The Hall–Kier alpha value is -1.97. The van der Waals surface area contributed by atoms with Gasteiger partial charge in [0.25, 0.3) is 0 Å². The third-order valence-electron chi connectivity index (χ3n) is 6.41. The number of sulfonamides is 1. The lowest BCUT2D eigenvalue weighted by Crippen LogP contribution is -2.27. The van der Waals surface area contributed by atoms with E-state index >= 15 is 0 Å². The molecule has 170 valence electrons. The molecular weight excluding hydrogens is 452 g/mol. The second kappa shape index (κ2) is 8.76. The summed E-state index contributed by atoms with van der Waals surface area (Å²) in [6, 6.07) is 9.64. The maximum absolute atomic E-state index is 14.2. The van der Waals surface area contributed by atoms with Crippen LogP contribution < -0.4 is 0 Å². The summed E-state index contributed by atoms with van der Waals surface area (Å²) in [4.78, 5) is 5.01. The van der Waals surface area contributed by atoms with Crippen LogP contribution in [0, 0.1) is 11.6 Å². The summed E-state index contributed by atoms with van der Waals surface area (Å²) >= 11 is 1.36. The van der Waals surface area contributed by atoms with Gasteiger partial charge in [-0.25, -0.2) is 22.2 Å². The number of halogens is 2. The average molecular weight is 478 g/mol. The summed E-state index contributed by atoms with van der Waals surface area (Å²) < 4.78 is 57.5. The van der Waals surface area contributed by atoms with Crippen LogP contribution in [0.1, 0.15) is 50.1 Å². The number of thioether (sulfide) groups is 1. The van der Waals surface area contributed by atoms with E-state index in [1.807, 2.05) is 6.07 Å². The molecule has 0 spiro atoms. The summed E-state index contributed by atoms with van der Waals surface area (Å²) in [5.41, 5.74) is 1.80. The molecule has 2 aliphatic rings. The van der Waals surface area contributed by atoms with Crippen LogP contribution in [0.5, 0.6) is 0 Å². The Balaban J connectivity index is 1.52. The first kappa shape index (κ1) is 21.9. The SMILES string of the molecule is O=S(=O)(c1ccc2c(c1)nc(SCc1cccc(F)c1F)n2C1CCCC1)N1CCCC1. The first-order valence-electron chi connectivity index (χ1n) is 11.0. The lowest BCUT2D eigenvalue weighted by molar-refractivity contribution is 0.477. The molecule has 2 aromatic carbocycles. The predicted molar refractivity (Wildman–Crippen MR) is 121 cm³/mol. The molecule has 5 nitrogen and oxygen atoms in total. The second-order valence-corrected chi connectivity index (χ2v) is 11.3. The van der Waals surface area contributed by atoms with E-state index in [1.165, 1.54) is 22.1 Å². The van der Waals surface area contributed by atoms with Gasteiger partial charge in [-0.05, 0) is 49.9 Å². The molecule has 1 aromatic heterocycles. The highest BCUT2D eigenvalue weighted by Gasteiger charge is 2.29. The summed E-state index contributed by atoms with van der Waals surface area (Å²) in [5, 5.41) is 0.714. The number of hydrogen-bond acceptors (Lipinski definition) is 4. The predicted octanol–water partition coefficient (Wildman–Crippen LogP) is 5.51. The summed E-state index contributed by atoms with van der Waals surface area (Å²) in [6.07, 6.45) is 6.09. The van der Waals surface area contributed by atoms with Crippen molar-refractivity contribution in [1.29, 1.82) is 0 Å².